The number of hydrogen-bond donors (Lipinski definition) is 2. The van der Waals surface area contributed by atoms with E-state index in [0.29, 0.717) is 22.2 Å². The molecule has 4 nitrogen and oxygen atoms in total. The summed E-state index contributed by atoms with van der Waals surface area (Å²) in [5.74, 6) is -1.95. The van der Waals surface area contributed by atoms with Crippen LogP contribution in [0.25, 0.3) is 22.2 Å². The van der Waals surface area contributed by atoms with Crippen molar-refractivity contribution in [2.24, 2.45) is 0 Å². The molecule has 3 aromatic rings. The molecule has 0 bridgehead atoms. The van der Waals surface area contributed by atoms with Gasteiger partial charge in [0.2, 0.25) is 0 Å². The van der Waals surface area contributed by atoms with Crippen LogP contribution in [-0.4, -0.2) is 16.1 Å². The Morgan fingerprint density at radius 1 is 1.09 bits per heavy atom. The zero-order chi connectivity index (χ0) is 16.4. The van der Waals surface area contributed by atoms with Crippen LogP contribution in [0.15, 0.2) is 30.3 Å². The lowest BCUT2D eigenvalue weighted by Crippen LogP contribution is -2.32. The van der Waals surface area contributed by atoms with E-state index in [2.05, 4.69) is 15.5 Å². The Labute approximate surface area is 130 Å². The number of rotatable bonds is 1. The molecule has 2 aromatic carbocycles. The van der Waals surface area contributed by atoms with Gasteiger partial charge in [-0.15, -0.1) is 0 Å². The third kappa shape index (κ3) is 1.94. The second kappa shape index (κ2) is 4.38. The summed E-state index contributed by atoms with van der Waals surface area (Å²) in [5, 5.41) is 10.3. The molecule has 1 aliphatic rings. The average molecular weight is 313 g/mol. The van der Waals surface area contributed by atoms with Gasteiger partial charge in [-0.2, -0.15) is 5.10 Å². The van der Waals surface area contributed by atoms with Crippen molar-refractivity contribution in [1.82, 2.24) is 15.5 Å². The molecule has 1 aromatic heterocycles. The minimum Gasteiger partial charge on any atom is -0.343 e. The standard InChI is InChI=1S/C17H13F2N3O/c1-17(2)11-5-8(3-4-9(11)16(23)20-17)15-10-6-12(18)13(19)7-14(10)21-22-15/h3-7H,1-2H3,(H,20,23)(H,21,22). The first-order valence-corrected chi connectivity index (χ1v) is 7.17. The molecule has 0 unspecified atom stereocenters. The Bertz CT molecular complexity index is 975. The van der Waals surface area contributed by atoms with E-state index in [1.54, 1.807) is 12.1 Å². The predicted octanol–water partition coefficient (Wildman–Crippen LogP) is 3.49. The third-order valence-electron chi connectivity index (χ3n) is 4.24. The van der Waals surface area contributed by atoms with Crippen LogP contribution in [0.1, 0.15) is 29.8 Å². The molecule has 0 atom stereocenters. The summed E-state index contributed by atoms with van der Waals surface area (Å²) in [6.07, 6.45) is 0. The number of hydrogen-bond acceptors (Lipinski definition) is 2. The summed E-state index contributed by atoms with van der Waals surface area (Å²) in [7, 11) is 0. The van der Waals surface area contributed by atoms with E-state index in [0.717, 1.165) is 23.3 Å². The van der Waals surface area contributed by atoms with Crippen LogP contribution in [0, 0.1) is 11.6 Å². The molecule has 1 amide bonds. The van der Waals surface area contributed by atoms with Crippen LogP contribution in [0.5, 0.6) is 0 Å². The molecule has 0 saturated heterocycles. The zero-order valence-corrected chi connectivity index (χ0v) is 12.5. The van der Waals surface area contributed by atoms with E-state index < -0.39 is 17.2 Å². The fourth-order valence-electron chi connectivity index (χ4n) is 3.06. The topological polar surface area (TPSA) is 57.8 Å². The molecule has 116 valence electrons. The number of aromatic amines is 1. The molecule has 2 heterocycles. The second-order valence-corrected chi connectivity index (χ2v) is 6.22. The van der Waals surface area contributed by atoms with Crippen molar-refractivity contribution >= 4 is 16.8 Å². The van der Waals surface area contributed by atoms with Gasteiger partial charge in [0.25, 0.3) is 5.91 Å². The molecular formula is C17H13F2N3O. The Hall–Kier alpha value is -2.76. The van der Waals surface area contributed by atoms with Gasteiger partial charge in [0.05, 0.1) is 11.1 Å². The number of benzene rings is 2. The highest BCUT2D eigenvalue weighted by Crippen LogP contribution is 2.35. The molecule has 0 saturated carbocycles. The number of carbonyl (C=O) groups excluding carboxylic acids is 1. The van der Waals surface area contributed by atoms with Crippen molar-refractivity contribution in [3.63, 3.8) is 0 Å². The monoisotopic (exact) mass is 313 g/mol. The average Bonchev–Trinajstić information content (AvgIpc) is 2.98. The van der Waals surface area contributed by atoms with E-state index in [1.165, 1.54) is 0 Å². The lowest BCUT2D eigenvalue weighted by Gasteiger charge is -2.19. The van der Waals surface area contributed by atoms with Crippen LogP contribution in [0.4, 0.5) is 8.78 Å². The highest BCUT2D eigenvalue weighted by atomic mass is 19.2. The zero-order valence-electron chi connectivity index (χ0n) is 12.5. The van der Waals surface area contributed by atoms with E-state index in [4.69, 9.17) is 0 Å². The molecule has 4 rings (SSSR count). The fourth-order valence-corrected chi connectivity index (χ4v) is 3.06. The molecule has 2 N–H and O–H groups in total. The maximum Gasteiger partial charge on any atom is 0.252 e. The van der Waals surface area contributed by atoms with Crippen LogP contribution in [-0.2, 0) is 5.54 Å². The first kappa shape index (κ1) is 13.9. The molecular weight excluding hydrogens is 300 g/mol. The van der Waals surface area contributed by atoms with E-state index in [9.17, 15) is 13.6 Å². The summed E-state index contributed by atoms with van der Waals surface area (Å²) in [4.78, 5) is 11.9. The Kier molecular flexibility index (Phi) is 2.64. The summed E-state index contributed by atoms with van der Waals surface area (Å²) in [6, 6.07) is 7.57. The SMILES string of the molecule is CC1(C)NC(=O)c2ccc(-c3n[nH]c4cc(F)c(F)cc34)cc21. The maximum atomic E-state index is 13.5. The third-order valence-corrected chi connectivity index (χ3v) is 4.24. The van der Waals surface area contributed by atoms with Crippen LogP contribution >= 0.6 is 0 Å². The number of halogens is 2. The second-order valence-electron chi connectivity index (χ2n) is 6.22. The molecule has 1 aliphatic heterocycles. The number of nitrogens with zero attached hydrogens (tertiary/aromatic N) is 1. The molecule has 23 heavy (non-hydrogen) atoms. The van der Waals surface area contributed by atoms with Gasteiger partial charge in [-0.3, -0.25) is 9.89 Å². The fraction of sp³-hybridized carbons (Fsp3) is 0.176. The van der Waals surface area contributed by atoms with Crippen LogP contribution in [0.3, 0.4) is 0 Å². The van der Waals surface area contributed by atoms with E-state index in [1.807, 2.05) is 19.9 Å². The van der Waals surface area contributed by atoms with Crippen LogP contribution < -0.4 is 5.32 Å². The smallest absolute Gasteiger partial charge is 0.252 e. The quantitative estimate of drug-likeness (QED) is 0.722. The van der Waals surface area contributed by atoms with Gasteiger partial charge >= 0.3 is 0 Å². The van der Waals surface area contributed by atoms with Crippen molar-refractivity contribution < 1.29 is 13.6 Å². The van der Waals surface area contributed by atoms with Crippen LogP contribution in [0.2, 0.25) is 0 Å². The van der Waals surface area contributed by atoms with Crippen molar-refractivity contribution in [1.29, 1.82) is 0 Å². The number of fused-ring (bicyclic) bond motifs is 2. The Balaban J connectivity index is 1.93. The van der Waals surface area contributed by atoms with Crippen molar-refractivity contribution in [2.45, 2.75) is 19.4 Å². The summed E-state index contributed by atoms with van der Waals surface area (Å²) in [6.45, 7) is 3.83. The number of amides is 1. The first-order chi connectivity index (χ1) is 10.9. The number of nitrogens with one attached hydrogen (secondary N) is 2. The normalized spacial score (nSPS) is 15.7. The highest BCUT2D eigenvalue weighted by Gasteiger charge is 2.35. The molecule has 0 aliphatic carbocycles. The summed E-state index contributed by atoms with van der Waals surface area (Å²) in [5.41, 5.74) is 2.69. The molecule has 0 spiro atoms. The first-order valence-electron chi connectivity index (χ1n) is 7.17. The molecule has 0 radical (unpaired) electrons. The van der Waals surface area contributed by atoms with Crippen molar-refractivity contribution in [2.75, 3.05) is 0 Å². The van der Waals surface area contributed by atoms with Gasteiger partial charge < -0.3 is 5.32 Å². The van der Waals surface area contributed by atoms with Gasteiger partial charge in [-0.25, -0.2) is 8.78 Å². The number of aromatic nitrogens is 2. The van der Waals surface area contributed by atoms with Gasteiger partial charge in [0.1, 0.15) is 5.69 Å². The van der Waals surface area contributed by atoms with E-state index in [-0.39, 0.29) is 5.91 Å². The minimum atomic E-state index is -0.919. The van der Waals surface area contributed by atoms with Gasteiger partial charge in [-0.05, 0) is 37.6 Å². The summed E-state index contributed by atoms with van der Waals surface area (Å²) >= 11 is 0. The maximum absolute atomic E-state index is 13.5. The highest BCUT2D eigenvalue weighted by molar-refractivity contribution is 6.01. The Morgan fingerprint density at radius 2 is 1.83 bits per heavy atom. The van der Waals surface area contributed by atoms with E-state index >= 15 is 0 Å². The predicted molar refractivity (Wildman–Crippen MR) is 81.9 cm³/mol. The number of H-pyrrole nitrogens is 1. The molecule has 6 heteroatoms. The Morgan fingerprint density at radius 3 is 2.61 bits per heavy atom. The largest absolute Gasteiger partial charge is 0.343 e. The van der Waals surface area contributed by atoms with Gasteiger partial charge in [-0.1, -0.05) is 6.07 Å². The van der Waals surface area contributed by atoms with Gasteiger partial charge in [0.15, 0.2) is 11.6 Å². The lowest BCUT2D eigenvalue weighted by molar-refractivity contribution is 0.0940. The molecule has 0 fully saturated rings. The number of carbonyl (C=O) groups is 1. The van der Waals surface area contributed by atoms with Crippen molar-refractivity contribution in [3.05, 3.63) is 53.1 Å². The summed E-state index contributed by atoms with van der Waals surface area (Å²) < 4.78 is 26.9. The van der Waals surface area contributed by atoms with Gasteiger partial charge in [0, 0.05) is 22.6 Å². The lowest BCUT2D eigenvalue weighted by atomic mass is 9.92. The minimum absolute atomic E-state index is 0.114. The van der Waals surface area contributed by atoms with Crippen molar-refractivity contribution in [3.8, 4) is 11.3 Å².